The average Bonchev–Trinajstić information content (AvgIpc) is 3.63. The summed E-state index contributed by atoms with van der Waals surface area (Å²) in [5.41, 5.74) is 7.63. The number of halogens is 1. The molecule has 6 heteroatoms. The number of hydrogen-bond acceptors (Lipinski definition) is 2. The van der Waals surface area contributed by atoms with Crippen LogP contribution in [0.5, 0.6) is 11.6 Å². The largest absolute Gasteiger partial charge is 0.439 e. The van der Waals surface area contributed by atoms with E-state index < -0.39 is 0 Å². The van der Waals surface area contributed by atoms with Crippen LogP contribution in [0.15, 0.2) is 116 Å². The van der Waals surface area contributed by atoms with E-state index in [1.165, 1.54) is 32.9 Å². The Morgan fingerprint density at radius 3 is 1.80 bits per heavy atom. The molecule has 0 unspecified atom stereocenters. The van der Waals surface area contributed by atoms with E-state index in [0.29, 0.717) is 16.7 Å². The van der Waals surface area contributed by atoms with Crippen LogP contribution >= 0.6 is 11.6 Å². The number of aromatic nitrogens is 4. The van der Waals surface area contributed by atoms with Gasteiger partial charge in [0.2, 0.25) is 5.88 Å². The monoisotopic (exact) mass is 556 g/mol. The van der Waals surface area contributed by atoms with Gasteiger partial charge in [0.15, 0.2) is 0 Å². The van der Waals surface area contributed by atoms with Crippen LogP contribution in [0.4, 0.5) is 0 Å². The Balaban J connectivity index is 1.56. The highest BCUT2D eigenvalue weighted by Gasteiger charge is 2.32. The molecule has 41 heavy (non-hydrogen) atoms. The molecule has 202 valence electrons. The number of para-hydroxylation sites is 3. The summed E-state index contributed by atoms with van der Waals surface area (Å²) in [5.74, 6) is 1.23. The molecular weight excluding hydrogens is 528 g/mol. The molecule has 0 amide bonds. The lowest BCUT2D eigenvalue weighted by Crippen LogP contribution is -2.07. The second kappa shape index (κ2) is 10.0. The molecule has 0 aliphatic rings. The van der Waals surface area contributed by atoms with Crippen molar-refractivity contribution in [1.82, 2.24) is 18.9 Å². The van der Waals surface area contributed by atoms with Crippen molar-refractivity contribution in [1.29, 1.82) is 0 Å². The van der Waals surface area contributed by atoms with Gasteiger partial charge in [0.1, 0.15) is 5.75 Å². The van der Waals surface area contributed by atoms with Crippen molar-refractivity contribution in [3.05, 3.63) is 143 Å². The average molecular weight is 557 g/mol. The fourth-order valence-corrected chi connectivity index (χ4v) is 6.12. The lowest BCUT2D eigenvalue weighted by atomic mass is 9.84. The SMILES string of the molecule is Cc1nn(-c2ccccc2)c(Oc2ccc(Cl)cc2)c1C(c1cn(C)c2ccccc12)c1cn(C)c2ccccc12. The number of fused-ring (bicyclic) bond motifs is 2. The van der Waals surface area contributed by atoms with E-state index in [2.05, 4.69) is 103 Å². The minimum atomic E-state index is -0.146. The van der Waals surface area contributed by atoms with Crippen LogP contribution in [-0.4, -0.2) is 18.9 Å². The van der Waals surface area contributed by atoms with Crippen molar-refractivity contribution in [3.8, 4) is 17.3 Å². The Morgan fingerprint density at radius 1 is 0.683 bits per heavy atom. The lowest BCUT2D eigenvalue weighted by molar-refractivity contribution is 0.438. The van der Waals surface area contributed by atoms with Crippen LogP contribution in [0, 0.1) is 6.92 Å². The summed E-state index contributed by atoms with van der Waals surface area (Å²) in [6.07, 6.45) is 4.50. The zero-order valence-corrected chi connectivity index (χ0v) is 23.9. The maximum absolute atomic E-state index is 6.76. The van der Waals surface area contributed by atoms with Gasteiger partial charge in [-0.25, -0.2) is 4.68 Å². The Bertz CT molecular complexity index is 1940. The van der Waals surface area contributed by atoms with Crippen LogP contribution in [0.1, 0.15) is 28.3 Å². The van der Waals surface area contributed by atoms with Crippen LogP contribution in [0.2, 0.25) is 5.02 Å². The van der Waals surface area contributed by atoms with E-state index in [1.807, 2.05) is 47.1 Å². The summed E-state index contributed by atoms with van der Waals surface area (Å²) in [6, 6.07) is 34.8. The van der Waals surface area contributed by atoms with Crippen molar-refractivity contribution in [2.75, 3.05) is 0 Å². The second-order valence-corrected chi connectivity index (χ2v) is 10.9. The standard InChI is InChI=1S/C35H29ClN4O/c1-23-33(35(41-26-19-17-24(36)18-20-26)40(37-23)25-11-5-4-6-12-25)34(29-21-38(2)31-15-9-7-13-27(29)31)30-22-39(3)32-16-10-8-14-28(30)32/h4-22,34H,1-3H3. The Labute approximate surface area is 243 Å². The third-order valence-corrected chi connectivity index (χ3v) is 8.11. The first-order chi connectivity index (χ1) is 20.0. The zero-order chi connectivity index (χ0) is 28.1. The van der Waals surface area contributed by atoms with Crippen LogP contribution < -0.4 is 4.74 Å². The maximum Gasteiger partial charge on any atom is 0.227 e. The minimum Gasteiger partial charge on any atom is -0.439 e. The van der Waals surface area contributed by atoms with Crippen molar-refractivity contribution in [2.24, 2.45) is 14.1 Å². The van der Waals surface area contributed by atoms with Gasteiger partial charge in [0.05, 0.1) is 11.4 Å². The van der Waals surface area contributed by atoms with E-state index in [4.69, 9.17) is 21.4 Å². The minimum absolute atomic E-state index is 0.146. The third-order valence-electron chi connectivity index (χ3n) is 7.86. The summed E-state index contributed by atoms with van der Waals surface area (Å²) in [7, 11) is 4.22. The number of hydrogen-bond donors (Lipinski definition) is 0. The number of ether oxygens (including phenoxy) is 1. The first kappa shape index (κ1) is 25.2. The summed E-state index contributed by atoms with van der Waals surface area (Å²) >= 11 is 6.23. The highest BCUT2D eigenvalue weighted by molar-refractivity contribution is 6.30. The summed E-state index contributed by atoms with van der Waals surface area (Å²) in [6.45, 7) is 2.08. The molecule has 0 bridgehead atoms. The van der Waals surface area contributed by atoms with Crippen LogP contribution in [0.25, 0.3) is 27.5 Å². The zero-order valence-electron chi connectivity index (χ0n) is 23.1. The molecule has 0 aliphatic heterocycles. The molecule has 0 fully saturated rings. The Morgan fingerprint density at radius 2 is 1.22 bits per heavy atom. The van der Waals surface area contributed by atoms with Crippen molar-refractivity contribution in [2.45, 2.75) is 12.8 Å². The van der Waals surface area contributed by atoms with Gasteiger partial charge in [0.25, 0.3) is 0 Å². The molecule has 7 rings (SSSR count). The number of aryl methyl sites for hydroxylation is 3. The quantitative estimate of drug-likeness (QED) is 0.205. The first-order valence-corrected chi connectivity index (χ1v) is 14.0. The van der Waals surface area contributed by atoms with Gasteiger partial charge in [-0.05, 0) is 66.6 Å². The van der Waals surface area contributed by atoms with E-state index >= 15 is 0 Å². The lowest BCUT2D eigenvalue weighted by Gasteiger charge is -2.19. The molecule has 7 aromatic rings. The number of nitrogens with zero attached hydrogens (tertiary/aromatic N) is 4. The predicted octanol–water partition coefficient (Wildman–Crippen LogP) is 8.79. The molecule has 0 aliphatic carbocycles. The van der Waals surface area contributed by atoms with Gasteiger partial charge in [0, 0.05) is 64.8 Å². The van der Waals surface area contributed by atoms with E-state index in [0.717, 1.165) is 16.9 Å². The van der Waals surface area contributed by atoms with Crippen LogP contribution in [0.3, 0.4) is 0 Å². The highest BCUT2D eigenvalue weighted by atomic mass is 35.5. The molecule has 0 atom stereocenters. The van der Waals surface area contributed by atoms with Crippen molar-refractivity contribution >= 4 is 33.4 Å². The maximum atomic E-state index is 6.76. The smallest absolute Gasteiger partial charge is 0.227 e. The fraction of sp³-hybridized carbons (Fsp3) is 0.114. The van der Waals surface area contributed by atoms with Gasteiger partial charge < -0.3 is 13.9 Å². The normalized spacial score (nSPS) is 11.6. The Hall–Kier alpha value is -4.74. The van der Waals surface area contributed by atoms with Crippen molar-refractivity contribution in [3.63, 3.8) is 0 Å². The highest BCUT2D eigenvalue weighted by Crippen LogP contribution is 2.46. The van der Waals surface area contributed by atoms with Gasteiger partial charge in [-0.15, -0.1) is 0 Å². The van der Waals surface area contributed by atoms with Crippen molar-refractivity contribution < 1.29 is 4.74 Å². The molecule has 5 nitrogen and oxygen atoms in total. The Kier molecular flexibility index (Phi) is 6.17. The molecular formula is C35H29ClN4O. The molecule has 0 saturated heterocycles. The molecule has 0 saturated carbocycles. The molecule has 0 N–H and O–H groups in total. The van der Waals surface area contributed by atoms with Gasteiger partial charge in [-0.2, -0.15) is 5.10 Å². The summed E-state index contributed by atoms with van der Waals surface area (Å²) in [4.78, 5) is 0. The molecule has 4 aromatic carbocycles. The molecule has 0 radical (unpaired) electrons. The van der Waals surface area contributed by atoms with Gasteiger partial charge >= 0.3 is 0 Å². The van der Waals surface area contributed by atoms with Gasteiger partial charge in [-0.3, -0.25) is 0 Å². The van der Waals surface area contributed by atoms with Crippen LogP contribution in [-0.2, 0) is 14.1 Å². The number of benzene rings is 4. The molecule has 3 aromatic heterocycles. The predicted molar refractivity (Wildman–Crippen MR) is 167 cm³/mol. The number of rotatable bonds is 6. The van der Waals surface area contributed by atoms with E-state index in [1.54, 1.807) is 0 Å². The third kappa shape index (κ3) is 4.30. The second-order valence-electron chi connectivity index (χ2n) is 10.5. The first-order valence-electron chi connectivity index (χ1n) is 13.7. The molecule has 3 heterocycles. The summed E-state index contributed by atoms with van der Waals surface area (Å²) < 4.78 is 13.1. The molecule has 0 spiro atoms. The van der Waals surface area contributed by atoms with E-state index in [9.17, 15) is 0 Å². The topological polar surface area (TPSA) is 36.9 Å². The van der Waals surface area contributed by atoms with Gasteiger partial charge in [-0.1, -0.05) is 66.2 Å². The summed E-state index contributed by atoms with van der Waals surface area (Å²) in [5, 5.41) is 8.17. The van der Waals surface area contributed by atoms with E-state index in [-0.39, 0.29) is 5.92 Å². The fourth-order valence-electron chi connectivity index (χ4n) is 5.99.